The molecule has 1 aliphatic rings. The predicted octanol–water partition coefficient (Wildman–Crippen LogP) is 3.63. The molecule has 29 heavy (non-hydrogen) atoms. The third kappa shape index (κ3) is 5.58. The lowest BCUT2D eigenvalue weighted by atomic mass is 10.1. The lowest BCUT2D eigenvalue weighted by Crippen LogP contribution is -2.53. The van der Waals surface area contributed by atoms with Crippen LogP contribution in [0, 0.1) is 5.82 Å². The molecule has 3 atom stereocenters. The molecular weight excluding hydrogens is 389 g/mol. The Hall–Kier alpha value is -2.38. The number of benzene rings is 1. The van der Waals surface area contributed by atoms with Gasteiger partial charge >= 0.3 is 0 Å². The van der Waals surface area contributed by atoms with Crippen LogP contribution in [0.3, 0.4) is 0 Å². The van der Waals surface area contributed by atoms with Crippen molar-refractivity contribution in [1.29, 1.82) is 0 Å². The van der Waals surface area contributed by atoms with Crippen LogP contribution in [0.2, 0.25) is 0 Å². The van der Waals surface area contributed by atoms with Crippen LogP contribution in [0.5, 0.6) is 0 Å². The van der Waals surface area contributed by atoms with Gasteiger partial charge in [0.1, 0.15) is 17.5 Å². The highest BCUT2D eigenvalue weighted by atomic mass is 32.1. The summed E-state index contributed by atoms with van der Waals surface area (Å²) in [5, 5.41) is 7.60. The van der Waals surface area contributed by atoms with Gasteiger partial charge in [-0.1, -0.05) is 30.3 Å². The van der Waals surface area contributed by atoms with Gasteiger partial charge in [0.25, 0.3) is 0 Å². The van der Waals surface area contributed by atoms with Crippen molar-refractivity contribution in [3.8, 4) is 0 Å². The van der Waals surface area contributed by atoms with Crippen LogP contribution in [-0.2, 0) is 16.0 Å². The summed E-state index contributed by atoms with van der Waals surface area (Å²) in [6.45, 7) is 9.51. The fourth-order valence-corrected chi connectivity index (χ4v) is 4.09. The van der Waals surface area contributed by atoms with Gasteiger partial charge in [0, 0.05) is 17.2 Å². The van der Waals surface area contributed by atoms with Crippen molar-refractivity contribution in [3.05, 3.63) is 70.5 Å². The zero-order valence-electron chi connectivity index (χ0n) is 17.0. The molecule has 1 aromatic carbocycles. The van der Waals surface area contributed by atoms with Crippen molar-refractivity contribution >= 4 is 17.2 Å². The maximum Gasteiger partial charge on any atom is 0.244 e. The molecule has 1 amide bonds. The third-order valence-electron chi connectivity index (χ3n) is 4.72. The minimum atomic E-state index is -0.807. The van der Waals surface area contributed by atoms with Crippen LogP contribution in [-0.4, -0.2) is 23.2 Å². The smallest absolute Gasteiger partial charge is 0.244 e. The summed E-state index contributed by atoms with van der Waals surface area (Å²) in [7, 11) is 0. The van der Waals surface area contributed by atoms with Gasteiger partial charge in [-0.2, -0.15) is 0 Å². The molecule has 2 unspecified atom stereocenters. The van der Waals surface area contributed by atoms with Gasteiger partial charge in [-0.05, 0) is 50.8 Å². The molecule has 0 saturated heterocycles. The lowest BCUT2D eigenvalue weighted by molar-refractivity contribution is -0.124. The monoisotopic (exact) mass is 417 g/mol. The highest BCUT2D eigenvalue weighted by Gasteiger charge is 2.53. The maximum atomic E-state index is 14.0. The summed E-state index contributed by atoms with van der Waals surface area (Å²) in [5.41, 5.74) is 6.22. The molecule has 3 rings (SSSR count). The van der Waals surface area contributed by atoms with Gasteiger partial charge in [0.2, 0.25) is 5.91 Å². The van der Waals surface area contributed by atoms with Crippen LogP contribution in [0.15, 0.2) is 54.2 Å². The van der Waals surface area contributed by atoms with E-state index >= 15 is 0 Å². The highest BCUT2D eigenvalue weighted by molar-refractivity contribution is 7.09. The van der Waals surface area contributed by atoms with Crippen molar-refractivity contribution in [3.63, 3.8) is 0 Å². The topological polar surface area (TPSA) is 76.4 Å². The Kier molecular flexibility index (Phi) is 6.00. The summed E-state index contributed by atoms with van der Waals surface area (Å²) < 4.78 is 19.7. The van der Waals surface area contributed by atoms with E-state index in [-0.39, 0.29) is 29.9 Å². The zero-order valence-corrected chi connectivity index (χ0v) is 17.8. The summed E-state index contributed by atoms with van der Waals surface area (Å²) >= 11 is 1.27. The van der Waals surface area contributed by atoms with Crippen LogP contribution in [0.4, 0.5) is 4.39 Å². The molecule has 1 heterocycles. The van der Waals surface area contributed by atoms with Gasteiger partial charge in [-0.15, -0.1) is 11.3 Å². The number of rotatable bonds is 8. The Morgan fingerprint density at radius 1 is 1.38 bits per heavy atom. The number of nitrogens with one attached hydrogen (secondary N) is 2. The number of carbonyl (C=O) groups excluding carboxylic acids is 1. The molecule has 0 bridgehead atoms. The lowest BCUT2D eigenvalue weighted by Gasteiger charge is -2.27. The second-order valence-corrected chi connectivity index (χ2v) is 9.43. The van der Waals surface area contributed by atoms with Crippen molar-refractivity contribution in [2.24, 2.45) is 5.73 Å². The van der Waals surface area contributed by atoms with Crippen LogP contribution < -0.4 is 16.4 Å². The summed E-state index contributed by atoms with van der Waals surface area (Å²) in [6, 6.07) is 10.5. The molecule has 2 aromatic rings. The first kappa shape index (κ1) is 21.3. The van der Waals surface area contributed by atoms with E-state index in [9.17, 15) is 9.18 Å². The summed E-state index contributed by atoms with van der Waals surface area (Å²) in [4.78, 5) is 13.5. The molecule has 4 N–H and O–H groups in total. The maximum absolute atomic E-state index is 14.0. The minimum Gasteiger partial charge on any atom is -0.474 e. The normalized spacial score (nSPS) is 21.9. The van der Waals surface area contributed by atoms with E-state index in [0.717, 1.165) is 5.56 Å². The molecule has 7 heteroatoms. The number of nitrogens with two attached hydrogens (primary N) is 1. The fourth-order valence-electron chi connectivity index (χ4n) is 3.29. The van der Waals surface area contributed by atoms with Crippen LogP contribution in [0.1, 0.15) is 43.6 Å². The van der Waals surface area contributed by atoms with Gasteiger partial charge < -0.3 is 21.1 Å². The van der Waals surface area contributed by atoms with E-state index in [1.54, 1.807) is 5.38 Å². The van der Waals surface area contributed by atoms with Crippen LogP contribution >= 0.6 is 11.3 Å². The molecule has 1 saturated carbocycles. The Morgan fingerprint density at radius 3 is 2.66 bits per heavy atom. The van der Waals surface area contributed by atoms with E-state index < -0.39 is 17.3 Å². The quantitative estimate of drug-likeness (QED) is 0.453. The number of hydrogen-bond acceptors (Lipinski definition) is 5. The molecule has 1 fully saturated rings. The van der Waals surface area contributed by atoms with E-state index in [1.165, 1.54) is 17.4 Å². The second-order valence-electron chi connectivity index (χ2n) is 8.43. The van der Waals surface area contributed by atoms with E-state index in [0.29, 0.717) is 11.3 Å². The number of thiophene rings is 1. The van der Waals surface area contributed by atoms with E-state index in [2.05, 4.69) is 17.2 Å². The Bertz CT molecular complexity index is 878. The Labute approximate surface area is 175 Å². The molecule has 1 aliphatic carbocycles. The number of halogens is 1. The first-order chi connectivity index (χ1) is 13.6. The number of hydrogen-bond donors (Lipinski definition) is 3. The molecule has 0 radical (unpaired) electrons. The molecule has 1 aromatic heterocycles. The van der Waals surface area contributed by atoms with Gasteiger partial charge in [-0.3, -0.25) is 4.79 Å². The number of ether oxygens (including phenoxy) is 1. The number of carbonyl (C=O) groups is 1. The average Bonchev–Trinajstić information content (AvgIpc) is 3.12. The molecule has 156 valence electrons. The van der Waals surface area contributed by atoms with Crippen molar-refractivity contribution in [2.45, 2.75) is 56.8 Å². The fraction of sp³-hybridized carbons (Fsp3) is 0.409. The minimum absolute atomic E-state index is 0.0563. The van der Waals surface area contributed by atoms with Crippen molar-refractivity contribution in [2.75, 3.05) is 0 Å². The predicted molar refractivity (Wildman–Crippen MR) is 114 cm³/mol. The van der Waals surface area contributed by atoms with Crippen LogP contribution in [0.25, 0.3) is 0 Å². The van der Waals surface area contributed by atoms with Gasteiger partial charge in [0.15, 0.2) is 5.88 Å². The standard InChI is InChI=1S/C22H28FN3O2S/c1-14(28-21(2,3)4)25-18(12-19-17(23)10-11-29-19)20(27)26-22(24)13-16(22)15-8-6-5-7-9-15/h5-11,16,18,25H,1,12-13,24H2,2-4H3,(H,26,27)/t16?,18?,22-/m1/s1. The van der Waals surface area contributed by atoms with Crippen molar-refractivity contribution in [1.82, 2.24) is 10.6 Å². The summed E-state index contributed by atoms with van der Waals surface area (Å²) in [5.74, 6) is -0.317. The first-order valence-electron chi connectivity index (χ1n) is 9.59. The molecular formula is C22H28FN3O2S. The van der Waals surface area contributed by atoms with Crippen molar-refractivity contribution < 1.29 is 13.9 Å². The average molecular weight is 418 g/mol. The largest absolute Gasteiger partial charge is 0.474 e. The molecule has 0 spiro atoms. The SMILES string of the molecule is C=C(NC(Cc1sccc1F)C(=O)N[C@]1(N)CC1c1ccccc1)OC(C)(C)C. The second kappa shape index (κ2) is 8.16. The van der Waals surface area contributed by atoms with Gasteiger partial charge in [0.05, 0.1) is 5.66 Å². The molecule has 0 aliphatic heterocycles. The Morgan fingerprint density at radius 2 is 2.07 bits per heavy atom. The summed E-state index contributed by atoms with van der Waals surface area (Å²) in [6.07, 6.45) is 0.830. The van der Waals surface area contributed by atoms with E-state index in [4.69, 9.17) is 10.5 Å². The molecule has 5 nitrogen and oxygen atoms in total. The third-order valence-corrected chi connectivity index (χ3v) is 5.64. The Balaban J connectivity index is 1.70. The van der Waals surface area contributed by atoms with E-state index in [1.807, 2.05) is 51.1 Å². The number of amides is 1. The zero-order chi connectivity index (χ0) is 21.2. The van der Waals surface area contributed by atoms with Gasteiger partial charge in [-0.25, -0.2) is 4.39 Å². The first-order valence-corrected chi connectivity index (χ1v) is 10.5. The highest BCUT2D eigenvalue weighted by Crippen LogP contribution is 2.47.